The van der Waals surface area contributed by atoms with Gasteiger partial charge in [0.05, 0.1) is 11.5 Å². The van der Waals surface area contributed by atoms with Gasteiger partial charge in [-0.3, -0.25) is 0 Å². The van der Waals surface area contributed by atoms with Crippen molar-refractivity contribution in [1.29, 1.82) is 5.26 Å². The zero-order chi connectivity index (χ0) is 11.5. The van der Waals surface area contributed by atoms with Crippen molar-refractivity contribution in [2.45, 2.75) is 33.6 Å². The number of rotatable bonds is 3. The Bertz CT molecular complexity index is 392. The van der Waals surface area contributed by atoms with E-state index >= 15 is 0 Å². The summed E-state index contributed by atoms with van der Waals surface area (Å²) in [7, 11) is 0. The highest BCUT2D eigenvalue weighted by atomic mass is 19.1. The first-order valence-electron chi connectivity index (χ1n) is 5.17. The predicted molar refractivity (Wildman–Crippen MR) is 58.9 cm³/mol. The zero-order valence-corrected chi connectivity index (χ0v) is 9.47. The molecule has 1 nitrogen and oxygen atoms in total. The van der Waals surface area contributed by atoms with Gasteiger partial charge in [-0.1, -0.05) is 13.0 Å². The maximum absolute atomic E-state index is 13.0. The van der Waals surface area contributed by atoms with E-state index in [1.165, 1.54) is 12.1 Å². The highest BCUT2D eigenvalue weighted by molar-refractivity contribution is 5.28. The highest BCUT2D eigenvalue weighted by Crippen LogP contribution is 2.27. The molecule has 0 fully saturated rings. The van der Waals surface area contributed by atoms with Crippen LogP contribution in [0.2, 0.25) is 0 Å². The minimum absolute atomic E-state index is 0.230. The molecule has 0 aliphatic rings. The average Bonchev–Trinajstić information content (AvgIpc) is 2.23. The molecular formula is C13H16FN. The van der Waals surface area contributed by atoms with Crippen molar-refractivity contribution < 1.29 is 4.39 Å². The van der Waals surface area contributed by atoms with Crippen molar-refractivity contribution in [3.63, 3.8) is 0 Å². The fraction of sp³-hybridized carbons (Fsp3) is 0.462. The first-order chi connectivity index (χ1) is 7.00. The van der Waals surface area contributed by atoms with Gasteiger partial charge in [0, 0.05) is 0 Å². The van der Waals surface area contributed by atoms with Crippen molar-refractivity contribution in [1.82, 2.24) is 0 Å². The average molecular weight is 205 g/mol. The Morgan fingerprint density at radius 1 is 1.47 bits per heavy atom. The molecule has 0 amide bonds. The summed E-state index contributed by atoms with van der Waals surface area (Å²) >= 11 is 0. The summed E-state index contributed by atoms with van der Waals surface area (Å²) in [5, 5.41) is 9.06. The summed E-state index contributed by atoms with van der Waals surface area (Å²) in [6, 6.07) is 7.04. The van der Waals surface area contributed by atoms with Gasteiger partial charge in [-0.05, 0) is 49.9 Å². The van der Waals surface area contributed by atoms with Crippen molar-refractivity contribution in [3.8, 4) is 6.07 Å². The Labute approximate surface area is 90.5 Å². The summed E-state index contributed by atoms with van der Waals surface area (Å²) in [4.78, 5) is 0. The third-order valence-electron chi connectivity index (χ3n) is 2.94. The number of aryl methyl sites for hydroxylation is 1. The van der Waals surface area contributed by atoms with Crippen LogP contribution in [0.3, 0.4) is 0 Å². The summed E-state index contributed by atoms with van der Waals surface area (Å²) in [5.41, 5.74) is 1.59. The Hall–Kier alpha value is -1.36. The number of nitriles is 1. The van der Waals surface area contributed by atoms with Crippen molar-refractivity contribution in [2.75, 3.05) is 0 Å². The molecule has 1 atom stereocenters. The van der Waals surface area contributed by atoms with Crippen molar-refractivity contribution >= 4 is 0 Å². The molecule has 1 unspecified atom stereocenters. The SMILES string of the molecule is CCC(C)(C#N)Cc1cc(F)ccc1C. The Morgan fingerprint density at radius 2 is 2.13 bits per heavy atom. The Kier molecular flexibility index (Phi) is 3.47. The molecule has 0 saturated heterocycles. The van der Waals surface area contributed by atoms with E-state index < -0.39 is 5.41 Å². The number of hydrogen-bond acceptors (Lipinski definition) is 1. The van der Waals surface area contributed by atoms with Gasteiger partial charge in [0.2, 0.25) is 0 Å². The molecule has 0 N–H and O–H groups in total. The predicted octanol–water partition coefficient (Wildman–Crippen LogP) is 3.62. The molecular weight excluding hydrogens is 189 g/mol. The first-order valence-corrected chi connectivity index (χ1v) is 5.17. The Balaban J connectivity index is 2.99. The molecule has 0 saturated carbocycles. The third kappa shape index (κ3) is 2.79. The second-order valence-electron chi connectivity index (χ2n) is 4.27. The number of benzene rings is 1. The van der Waals surface area contributed by atoms with Gasteiger partial charge in [-0.25, -0.2) is 4.39 Å². The minimum Gasteiger partial charge on any atom is -0.207 e. The van der Waals surface area contributed by atoms with Crippen LogP contribution in [-0.2, 0) is 6.42 Å². The van der Waals surface area contributed by atoms with Crippen LogP contribution in [0.5, 0.6) is 0 Å². The summed E-state index contributed by atoms with van der Waals surface area (Å²) < 4.78 is 13.0. The van der Waals surface area contributed by atoms with Gasteiger partial charge >= 0.3 is 0 Å². The topological polar surface area (TPSA) is 23.8 Å². The molecule has 0 aromatic heterocycles. The van der Waals surface area contributed by atoms with E-state index in [1.54, 1.807) is 6.07 Å². The van der Waals surface area contributed by atoms with Crippen LogP contribution >= 0.6 is 0 Å². The first kappa shape index (κ1) is 11.7. The molecule has 0 aliphatic carbocycles. The normalized spacial score (nSPS) is 14.3. The lowest BCUT2D eigenvalue weighted by molar-refractivity contribution is 0.421. The fourth-order valence-electron chi connectivity index (χ4n) is 1.49. The largest absolute Gasteiger partial charge is 0.207 e. The molecule has 0 bridgehead atoms. The van der Waals surface area contributed by atoms with Crippen LogP contribution in [0.4, 0.5) is 4.39 Å². The molecule has 0 spiro atoms. The Morgan fingerprint density at radius 3 is 2.67 bits per heavy atom. The smallest absolute Gasteiger partial charge is 0.123 e. The van der Waals surface area contributed by atoms with E-state index in [2.05, 4.69) is 6.07 Å². The zero-order valence-electron chi connectivity index (χ0n) is 9.47. The van der Waals surface area contributed by atoms with Crippen molar-refractivity contribution in [2.24, 2.45) is 5.41 Å². The number of nitrogens with zero attached hydrogens (tertiary/aromatic N) is 1. The monoisotopic (exact) mass is 205 g/mol. The fourth-order valence-corrected chi connectivity index (χ4v) is 1.49. The summed E-state index contributed by atoms with van der Waals surface area (Å²) in [6.45, 7) is 5.84. The van der Waals surface area contributed by atoms with Crippen LogP contribution in [0, 0.1) is 29.5 Å². The van der Waals surface area contributed by atoms with Crippen LogP contribution in [0.15, 0.2) is 18.2 Å². The van der Waals surface area contributed by atoms with Crippen LogP contribution < -0.4 is 0 Å². The molecule has 1 aromatic rings. The highest BCUT2D eigenvalue weighted by Gasteiger charge is 2.22. The molecule has 0 radical (unpaired) electrons. The second kappa shape index (κ2) is 4.44. The standard InChI is InChI=1S/C13H16FN/c1-4-13(3,9-15)8-11-7-12(14)6-5-10(11)2/h5-7H,4,8H2,1-3H3. The maximum Gasteiger partial charge on any atom is 0.123 e. The van der Waals surface area contributed by atoms with Gasteiger partial charge in [0.25, 0.3) is 0 Å². The quantitative estimate of drug-likeness (QED) is 0.739. The lowest BCUT2D eigenvalue weighted by Gasteiger charge is -2.20. The van der Waals surface area contributed by atoms with E-state index in [9.17, 15) is 4.39 Å². The van der Waals surface area contributed by atoms with Crippen LogP contribution in [-0.4, -0.2) is 0 Å². The lowest BCUT2D eigenvalue weighted by Crippen LogP contribution is -2.16. The van der Waals surface area contributed by atoms with Crippen LogP contribution in [0.1, 0.15) is 31.4 Å². The summed E-state index contributed by atoms with van der Waals surface area (Å²) in [6.07, 6.45) is 1.39. The molecule has 1 rings (SSSR count). The van der Waals surface area contributed by atoms with E-state index in [4.69, 9.17) is 5.26 Å². The molecule has 0 aliphatic heterocycles. The maximum atomic E-state index is 13.0. The van der Waals surface area contributed by atoms with E-state index in [1.807, 2.05) is 20.8 Å². The van der Waals surface area contributed by atoms with Gasteiger partial charge < -0.3 is 0 Å². The molecule has 1 aromatic carbocycles. The molecule has 0 heterocycles. The van der Waals surface area contributed by atoms with Gasteiger partial charge in [-0.2, -0.15) is 5.26 Å². The number of hydrogen-bond donors (Lipinski definition) is 0. The summed E-state index contributed by atoms with van der Waals surface area (Å²) in [5.74, 6) is -0.230. The van der Waals surface area contributed by atoms with Crippen LogP contribution in [0.25, 0.3) is 0 Å². The minimum atomic E-state index is -0.390. The lowest BCUT2D eigenvalue weighted by atomic mass is 9.81. The molecule has 15 heavy (non-hydrogen) atoms. The van der Waals surface area contributed by atoms with Gasteiger partial charge in [-0.15, -0.1) is 0 Å². The molecule has 80 valence electrons. The van der Waals surface area contributed by atoms with Gasteiger partial charge in [0.1, 0.15) is 5.82 Å². The number of halogens is 1. The van der Waals surface area contributed by atoms with Crippen molar-refractivity contribution in [3.05, 3.63) is 35.1 Å². The third-order valence-corrected chi connectivity index (χ3v) is 2.94. The van der Waals surface area contributed by atoms with Gasteiger partial charge in [0.15, 0.2) is 0 Å². The van der Waals surface area contributed by atoms with E-state index in [-0.39, 0.29) is 5.82 Å². The molecule has 2 heteroatoms. The second-order valence-corrected chi connectivity index (χ2v) is 4.27. The van der Waals surface area contributed by atoms with E-state index in [0.29, 0.717) is 6.42 Å². The van der Waals surface area contributed by atoms with E-state index in [0.717, 1.165) is 17.5 Å².